The summed E-state index contributed by atoms with van der Waals surface area (Å²) < 4.78 is 30.6. The Morgan fingerprint density at radius 2 is 2.00 bits per heavy atom. The molecule has 0 spiro atoms. The quantitative estimate of drug-likeness (QED) is 0.863. The van der Waals surface area contributed by atoms with Crippen LogP contribution in [-0.4, -0.2) is 33.7 Å². The Hall–Kier alpha value is -2.25. The summed E-state index contributed by atoms with van der Waals surface area (Å²) in [7, 11) is -1.85. The van der Waals surface area contributed by atoms with E-state index in [1.807, 2.05) is 6.92 Å². The molecular formula is C18H19ClN2O4S. The Kier molecular flexibility index (Phi) is 4.86. The first-order chi connectivity index (χ1) is 12.2. The lowest BCUT2D eigenvalue weighted by Gasteiger charge is -2.21. The van der Waals surface area contributed by atoms with Gasteiger partial charge < -0.3 is 10.1 Å². The largest absolute Gasteiger partial charge is 0.495 e. The zero-order valence-corrected chi connectivity index (χ0v) is 16.2. The lowest BCUT2D eigenvalue weighted by molar-refractivity contribution is 0.102. The van der Waals surface area contributed by atoms with E-state index in [9.17, 15) is 13.2 Å². The predicted octanol–water partition coefficient (Wildman–Crippen LogP) is 3.31. The molecule has 2 aromatic carbocycles. The molecule has 138 valence electrons. The minimum atomic E-state index is -3.36. The Balaban J connectivity index is 1.90. The van der Waals surface area contributed by atoms with E-state index >= 15 is 0 Å². The maximum absolute atomic E-state index is 12.6. The van der Waals surface area contributed by atoms with Crippen LogP contribution in [0.2, 0.25) is 5.02 Å². The molecule has 1 aliphatic heterocycles. The van der Waals surface area contributed by atoms with Gasteiger partial charge in [-0.25, -0.2) is 8.42 Å². The molecule has 1 aliphatic rings. The molecule has 3 rings (SSSR count). The average Bonchev–Trinajstić information content (AvgIpc) is 2.89. The molecule has 6 nitrogen and oxygen atoms in total. The third kappa shape index (κ3) is 3.50. The van der Waals surface area contributed by atoms with Gasteiger partial charge in [-0.15, -0.1) is 0 Å². The van der Waals surface area contributed by atoms with Gasteiger partial charge in [0.05, 0.1) is 24.7 Å². The molecule has 0 bridgehead atoms. The van der Waals surface area contributed by atoms with Crippen LogP contribution >= 0.6 is 11.6 Å². The number of carbonyl (C=O) groups is 1. The van der Waals surface area contributed by atoms with Crippen LogP contribution in [0.4, 0.5) is 11.4 Å². The molecule has 8 heteroatoms. The third-order valence-electron chi connectivity index (χ3n) is 4.26. The number of hydrogen-bond acceptors (Lipinski definition) is 4. The smallest absolute Gasteiger partial charge is 0.255 e. The van der Waals surface area contributed by atoms with Gasteiger partial charge in [0.25, 0.3) is 5.91 Å². The number of carbonyl (C=O) groups excluding carboxylic acids is 1. The number of hydrogen-bond donors (Lipinski definition) is 1. The first kappa shape index (κ1) is 18.5. The predicted molar refractivity (Wildman–Crippen MR) is 103 cm³/mol. The fourth-order valence-corrected chi connectivity index (χ4v) is 4.66. The Bertz CT molecular complexity index is 975. The highest BCUT2D eigenvalue weighted by molar-refractivity contribution is 7.92. The summed E-state index contributed by atoms with van der Waals surface area (Å²) in [6.45, 7) is 1.84. The Morgan fingerprint density at radius 3 is 2.65 bits per heavy atom. The van der Waals surface area contributed by atoms with Crippen LogP contribution < -0.4 is 14.4 Å². The van der Waals surface area contributed by atoms with Crippen LogP contribution in [0, 0.1) is 0 Å². The molecule has 1 heterocycles. The normalized spacial score (nSPS) is 16.3. The van der Waals surface area contributed by atoms with E-state index in [-0.39, 0.29) is 11.9 Å². The first-order valence-corrected chi connectivity index (χ1v) is 10.2. The van der Waals surface area contributed by atoms with E-state index in [0.717, 1.165) is 5.56 Å². The molecule has 0 fully saturated rings. The number of methoxy groups -OCH3 is 1. The number of nitrogens with zero attached hydrogens (tertiary/aromatic N) is 1. The molecular weight excluding hydrogens is 376 g/mol. The van der Waals surface area contributed by atoms with Crippen molar-refractivity contribution in [1.29, 1.82) is 0 Å². The number of sulfonamides is 1. The van der Waals surface area contributed by atoms with E-state index < -0.39 is 10.0 Å². The van der Waals surface area contributed by atoms with Crippen LogP contribution in [0.5, 0.6) is 5.75 Å². The second-order valence-corrected chi connectivity index (χ2v) is 8.55. The monoisotopic (exact) mass is 394 g/mol. The molecule has 0 aromatic heterocycles. The maximum Gasteiger partial charge on any atom is 0.255 e. The fourth-order valence-electron chi connectivity index (χ4n) is 3.22. The van der Waals surface area contributed by atoms with Crippen molar-refractivity contribution < 1.29 is 17.9 Å². The maximum atomic E-state index is 12.6. The summed E-state index contributed by atoms with van der Waals surface area (Å²) >= 11 is 5.99. The van der Waals surface area contributed by atoms with Crippen molar-refractivity contribution in [2.24, 2.45) is 0 Å². The summed E-state index contributed by atoms with van der Waals surface area (Å²) in [6, 6.07) is 9.79. The van der Waals surface area contributed by atoms with Crippen molar-refractivity contribution in [3.63, 3.8) is 0 Å². The van der Waals surface area contributed by atoms with Crippen molar-refractivity contribution in [1.82, 2.24) is 0 Å². The number of benzene rings is 2. The molecule has 1 N–H and O–H groups in total. The number of anilines is 2. The van der Waals surface area contributed by atoms with Crippen molar-refractivity contribution in [2.75, 3.05) is 23.0 Å². The SMILES string of the molecule is COc1ccc(Cl)cc1NC(=O)c1ccc2c(c1)C[C@@H](C)N2S(C)(=O)=O. The lowest BCUT2D eigenvalue weighted by atomic mass is 10.1. The van der Waals surface area contributed by atoms with Gasteiger partial charge in [0.2, 0.25) is 10.0 Å². The van der Waals surface area contributed by atoms with Crippen molar-refractivity contribution in [3.8, 4) is 5.75 Å². The highest BCUT2D eigenvalue weighted by Gasteiger charge is 2.32. The van der Waals surface area contributed by atoms with E-state index in [1.54, 1.807) is 36.4 Å². The average molecular weight is 395 g/mol. The molecule has 0 unspecified atom stereocenters. The number of nitrogens with one attached hydrogen (secondary N) is 1. The zero-order chi connectivity index (χ0) is 19.1. The summed E-state index contributed by atoms with van der Waals surface area (Å²) in [6.07, 6.45) is 1.74. The van der Waals surface area contributed by atoms with Gasteiger partial charge in [0.15, 0.2) is 0 Å². The molecule has 1 atom stereocenters. The number of amides is 1. The number of fused-ring (bicyclic) bond motifs is 1. The minimum absolute atomic E-state index is 0.175. The highest BCUT2D eigenvalue weighted by atomic mass is 35.5. The third-order valence-corrected chi connectivity index (χ3v) is 5.77. The van der Waals surface area contributed by atoms with E-state index in [2.05, 4.69) is 5.32 Å². The van der Waals surface area contributed by atoms with Gasteiger partial charge in [-0.2, -0.15) is 0 Å². The van der Waals surface area contributed by atoms with Crippen LogP contribution in [0.3, 0.4) is 0 Å². The van der Waals surface area contributed by atoms with E-state index in [0.29, 0.717) is 34.1 Å². The fraction of sp³-hybridized carbons (Fsp3) is 0.278. The number of rotatable bonds is 4. The Labute approximate surface area is 157 Å². The highest BCUT2D eigenvalue weighted by Crippen LogP contribution is 2.35. The lowest BCUT2D eigenvalue weighted by Crippen LogP contribution is -2.34. The molecule has 26 heavy (non-hydrogen) atoms. The van der Waals surface area contributed by atoms with E-state index in [1.165, 1.54) is 17.7 Å². The molecule has 1 amide bonds. The standard InChI is InChI=1S/C18H19ClN2O4S/c1-11-8-13-9-12(4-6-16(13)21(11)26(3,23)24)18(22)20-15-10-14(19)5-7-17(15)25-2/h4-7,9-11H,8H2,1-3H3,(H,20,22)/t11-/m1/s1. The van der Waals surface area contributed by atoms with Crippen molar-refractivity contribution >= 4 is 38.9 Å². The van der Waals surface area contributed by atoms with Crippen LogP contribution in [0.25, 0.3) is 0 Å². The molecule has 0 aliphatic carbocycles. The van der Waals surface area contributed by atoms with E-state index in [4.69, 9.17) is 16.3 Å². The number of ether oxygens (including phenoxy) is 1. The first-order valence-electron chi connectivity index (χ1n) is 7.98. The van der Waals surface area contributed by atoms with Crippen LogP contribution in [-0.2, 0) is 16.4 Å². The van der Waals surface area contributed by atoms with Crippen molar-refractivity contribution in [2.45, 2.75) is 19.4 Å². The van der Waals surface area contributed by atoms with Crippen LogP contribution in [0.15, 0.2) is 36.4 Å². The molecule has 0 radical (unpaired) electrons. The second-order valence-electron chi connectivity index (χ2n) is 6.25. The van der Waals surface area contributed by atoms with Crippen molar-refractivity contribution in [3.05, 3.63) is 52.5 Å². The van der Waals surface area contributed by atoms with Gasteiger partial charge in [-0.05, 0) is 55.3 Å². The summed E-state index contributed by atoms with van der Waals surface area (Å²) in [5.74, 6) is 0.180. The molecule has 0 saturated heterocycles. The van der Waals surface area contributed by atoms with Crippen LogP contribution in [0.1, 0.15) is 22.8 Å². The van der Waals surface area contributed by atoms with Gasteiger partial charge >= 0.3 is 0 Å². The van der Waals surface area contributed by atoms with Gasteiger partial charge in [-0.3, -0.25) is 9.10 Å². The molecule has 2 aromatic rings. The van der Waals surface area contributed by atoms with Gasteiger partial charge in [-0.1, -0.05) is 11.6 Å². The Morgan fingerprint density at radius 1 is 1.27 bits per heavy atom. The summed E-state index contributed by atoms with van der Waals surface area (Å²) in [5, 5.41) is 3.26. The van der Waals surface area contributed by atoms with Gasteiger partial charge in [0.1, 0.15) is 5.75 Å². The second kappa shape index (κ2) is 6.81. The summed E-state index contributed by atoms with van der Waals surface area (Å²) in [5.41, 5.74) is 2.36. The minimum Gasteiger partial charge on any atom is -0.495 e. The van der Waals surface area contributed by atoms with Gasteiger partial charge in [0, 0.05) is 16.6 Å². The summed E-state index contributed by atoms with van der Waals surface area (Å²) in [4.78, 5) is 12.6. The molecule has 0 saturated carbocycles. The zero-order valence-electron chi connectivity index (χ0n) is 14.6. The number of halogens is 1. The topological polar surface area (TPSA) is 75.7 Å².